The minimum absolute atomic E-state index is 0.273. The predicted molar refractivity (Wildman–Crippen MR) is 226 cm³/mol. The Kier molecular flexibility index (Phi) is 29.7. The molecule has 0 atom stereocenters. The monoisotopic (exact) mass is 773 g/mol. The fraction of sp³-hybridized carbons (Fsp3) is 0.745. The van der Waals surface area contributed by atoms with Crippen molar-refractivity contribution in [3.05, 3.63) is 69.8 Å². The molecule has 8 heteroatoms. The van der Waals surface area contributed by atoms with E-state index in [1.807, 2.05) is 0 Å². The van der Waals surface area contributed by atoms with E-state index in [1.165, 1.54) is 33.4 Å². The SMILES string of the molecule is CCCCOCCOCCc1cccc(C(C)(C)c2cccc(CCOCCOCCCC)c2CCOCCOCCCC)c1CCOCCOCCCC. The van der Waals surface area contributed by atoms with Crippen LogP contribution < -0.4 is 0 Å². The van der Waals surface area contributed by atoms with Gasteiger partial charge in [0.1, 0.15) is 0 Å². The summed E-state index contributed by atoms with van der Waals surface area (Å²) in [6.45, 7) is 24.3. The summed E-state index contributed by atoms with van der Waals surface area (Å²) in [5.41, 5.74) is 7.74. The molecule has 55 heavy (non-hydrogen) atoms. The molecule has 0 unspecified atom stereocenters. The average Bonchev–Trinajstić information content (AvgIpc) is 3.19. The number of rotatable bonds is 38. The van der Waals surface area contributed by atoms with Crippen molar-refractivity contribution >= 4 is 0 Å². The fourth-order valence-electron chi connectivity index (χ4n) is 6.63. The van der Waals surface area contributed by atoms with E-state index >= 15 is 0 Å². The van der Waals surface area contributed by atoms with E-state index in [4.69, 9.17) is 37.9 Å². The minimum atomic E-state index is -0.273. The van der Waals surface area contributed by atoms with Crippen LogP contribution in [0.5, 0.6) is 0 Å². The molecule has 0 aliphatic heterocycles. The van der Waals surface area contributed by atoms with Gasteiger partial charge >= 0.3 is 0 Å². The Bertz CT molecular complexity index is 1100. The van der Waals surface area contributed by atoms with Gasteiger partial charge in [-0.2, -0.15) is 0 Å². The molecule has 0 saturated heterocycles. The molecule has 0 aromatic heterocycles. The number of ether oxygens (including phenoxy) is 8. The van der Waals surface area contributed by atoms with Crippen LogP contribution in [-0.2, 0) is 69.0 Å². The Balaban J connectivity index is 2.29. The van der Waals surface area contributed by atoms with Crippen LogP contribution in [0.2, 0.25) is 0 Å². The molecule has 316 valence electrons. The van der Waals surface area contributed by atoms with E-state index < -0.39 is 0 Å². The number of benzene rings is 2. The quantitative estimate of drug-likeness (QED) is 0.0626. The van der Waals surface area contributed by atoms with Crippen molar-refractivity contribution in [3.63, 3.8) is 0 Å². The van der Waals surface area contributed by atoms with Crippen molar-refractivity contribution in [1.82, 2.24) is 0 Å². The summed E-state index contributed by atoms with van der Waals surface area (Å²) in [5.74, 6) is 0. The van der Waals surface area contributed by atoms with E-state index in [-0.39, 0.29) is 5.41 Å². The predicted octanol–water partition coefficient (Wildman–Crippen LogP) is 9.52. The van der Waals surface area contributed by atoms with Gasteiger partial charge in [-0.05, 0) is 84.7 Å². The van der Waals surface area contributed by atoms with Gasteiger partial charge in [0.05, 0.1) is 79.3 Å². The number of hydrogen-bond donors (Lipinski definition) is 0. The molecule has 0 spiro atoms. The average molecular weight is 773 g/mol. The van der Waals surface area contributed by atoms with Gasteiger partial charge in [-0.25, -0.2) is 0 Å². The van der Waals surface area contributed by atoms with Gasteiger partial charge in [0.15, 0.2) is 0 Å². The topological polar surface area (TPSA) is 73.8 Å². The zero-order chi connectivity index (χ0) is 39.7. The largest absolute Gasteiger partial charge is 0.379 e. The molecule has 8 nitrogen and oxygen atoms in total. The third kappa shape index (κ3) is 21.5. The molecule has 0 bridgehead atoms. The van der Waals surface area contributed by atoms with E-state index in [0.717, 1.165) is 103 Å². The van der Waals surface area contributed by atoms with Crippen LogP contribution in [0.4, 0.5) is 0 Å². The molecule has 2 aromatic carbocycles. The molecule has 0 aliphatic rings. The van der Waals surface area contributed by atoms with E-state index in [0.29, 0.717) is 79.3 Å². The van der Waals surface area contributed by atoms with Crippen LogP contribution in [0.1, 0.15) is 126 Å². The van der Waals surface area contributed by atoms with Gasteiger partial charge < -0.3 is 37.9 Å². The van der Waals surface area contributed by atoms with Gasteiger partial charge in [0.25, 0.3) is 0 Å². The lowest BCUT2D eigenvalue weighted by Crippen LogP contribution is -2.26. The zero-order valence-corrected chi connectivity index (χ0v) is 36.0. The Morgan fingerprint density at radius 2 is 0.618 bits per heavy atom. The second-order valence-electron chi connectivity index (χ2n) is 14.8. The van der Waals surface area contributed by atoms with Crippen LogP contribution in [0.3, 0.4) is 0 Å². The third-order valence-corrected chi connectivity index (χ3v) is 9.97. The first-order valence-corrected chi connectivity index (χ1v) is 21.8. The highest BCUT2D eigenvalue weighted by molar-refractivity contribution is 5.50. The fourth-order valence-corrected chi connectivity index (χ4v) is 6.63. The smallest absolute Gasteiger partial charge is 0.0700 e. The summed E-state index contributed by atoms with van der Waals surface area (Å²) >= 11 is 0. The van der Waals surface area contributed by atoms with Crippen LogP contribution in [0.15, 0.2) is 36.4 Å². The molecule has 0 aliphatic carbocycles. The van der Waals surface area contributed by atoms with Crippen molar-refractivity contribution < 1.29 is 37.9 Å². The highest BCUT2D eigenvalue weighted by Gasteiger charge is 2.30. The number of unbranched alkanes of at least 4 members (excludes halogenated alkanes) is 4. The van der Waals surface area contributed by atoms with Gasteiger partial charge in [-0.15, -0.1) is 0 Å². The van der Waals surface area contributed by atoms with Crippen LogP contribution in [-0.4, -0.2) is 106 Å². The summed E-state index contributed by atoms with van der Waals surface area (Å²) in [7, 11) is 0. The van der Waals surface area contributed by atoms with Crippen LogP contribution in [0, 0.1) is 0 Å². The lowest BCUT2D eigenvalue weighted by molar-refractivity contribution is 0.0465. The second kappa shape index (κ2) is 33.1. The van der Waals surface area contributed by atoms with E-state index in [1.54, 1.807) is 0 Å². The molecular formula is C47H80O8. The zero-order valence-electron chi connectivity index (χ0n) is 36.0. The Morgan fingerprint density at radius 3 is 0.909 bits per heavy atom. The maximum atomic E-state index is 6.15. The van der Waals surface area contributed by atoms with Crippen molar-refractivity contribution in [2.75, 3.05) is 106 Å². The molecule has 2 rings (SSSR count). The molecule has 0 heterocycles. The van der Waals surface area contributed by atoms with E-state index in [9.17, 15) is 0 Å². The summed E-state index contributed by atoms with van der Waals surface area (Å²) in [6, 6.07) is 13.6. The van der Waals surface area contributed by atoms with Gasteiger partial charge in [0.2, 0.25) is 0 Å². The molecule has 0 saturated carbocycles. The Hall–Kier alpha value is -1.88. The molecule has 2 aromatic rings. The maximum Gasteiger partial charge on any atom is 0.0700 e. The van der Waals surface area contributed by atoms with Crippen LogP contribution in [0.25, 0.3) is 0 Å². The normalized spacial score (nSPS) is 11.9. The molecule has 0 amide bonds. The van der Waals surface area contributed by atoms with Gasteiger partial charge in [-0.1, -0.05) is 104 Å². The van der Waals surface area contributed by atoms with Gasteiger partial charge in [-0.3, -0.25) is 0 Å². The van der Waals surface area contributed by atoms with Crippen LogP contribution >= 0.6 is 0 Å². The first-order valence-electron chi connectivity index (χ1n) is 21.8. The van der Waals surface area contributed by atoms with Crippen molar-refractivity contribution in [2.24, 2.45) is 0 Å². The Labute approximate surface area is 336 Å². The highest BCUT2D eigenvalue weighted by Crippen LogP contribution is 2.38. The number of hydrogen-bond acceptors (Lipinski definition) is 8. The lowest BCUT2D eigenvalue weighted by atomic mass is 9.71. The van der Waals surface area contributed by atoms with Crippen molar-refractivity contribution in [1.29, 1.82) is 0 Å². The summed E-state index contributed by atoms with van der Waals surface area (Å²) in [5, 5.41) is 0. The summed E-state index contributed by atoms with van der Waals surface area (Å²) in [6.07, 6.45) is 12.3. The van der Waals surface area contributed by atoms with Crippen molar-refractivity contribution in [3.8, 4) is 0 Å². The molecule has 0 radical (unpaired) electrons. The first-order chi connectivity index (χ1) is 27.0. The molecule has 0 fully saturated rings. The van der Waals surface area contributed by atoms with E-state index in [2.05, 4.69) is 77.9 Å². The summed E-state index contributed by atoms with van der Waals surface area (Å²) < 4.78 is 47.4. The minimum Gasteiger partial charge on any atom is -0.379 e. The second-order valence-corrected chi connectivity index (χ2v) is 14.8. The third-order valence-electron chi connectivity index (χ3n) is 9.97. The highest BCUT2D eigenvalue weighted by atomic mass is 16.5. The molecular weight excluding hydrogens is 693 g/mol. The van der Waals surface area contributed by atoms with Gasteiger partial charge in [0, 0.05) is 31.8 Å². The summed E-state index contributed by atoms with van der Waals surface area (Å²) in [4.78, 5) is 0. The Morgan fingerprint density at radius 1 is 0.345 bits per heavy atom. The standard InChI is InChI=1S/C47H80O8/c1-7-11-25-48-33-37-52-29-21-41-17-15-19-45(43(41)23-31-54-39-35-50-27-13-9-3)47(5,6)46-20-16-18-42(22-30-53-38-34-49-26-12-8-2)44(46)24-32-55-40-36-51-28-14-10-4/h15-20H,7-14,21-40H2,1-6H3. The van der Waals surface area contributed by atoms with Crippen molar-refractivity contribution in [2.45, 2.75) is 124 Å². The lowest BCUT2D eigenvalue weighted by Gasteiger charge is -2.33. The maximum absolute atomic E-state index is 6.15. The molecule has 0 N–H and O–H groups in total. The first kappa shape index (κ1) is 49.3.